The molecule has 6 rings (SSSR count). The topological polar surface area (TPSA) is 61.0 Å². The first-order chi connectivity index (χ1) is 16.7. The van der Waals surface area contributed by atoms with Crippen LogP contribution in [0.2, 0.25) is 0 Å². The Kier molecular flexibility index (Phi) is 5.26. The summed E-state index contributed by atoms with van der Waals surface area (Å²) in [6, 6.07) is 16.9. The number of aryl methyl sites for hydroxylation is 2. The van der Waals surface area contributed by atoms with Gasteiger partial charge in [0, 0.05) is 55.9 Å². The number of rotatable bonds is 3. The number of benzene rings is 2. The average Bonchev–Trinajstić information content (AvgIpc) is 3.40. The molecule has 0 radical (unpaired) electrons. The van der Waals surface area contributed by atoms with Crippen molar-refractivity contribution >= 4 is 27.6 Å². The third-order valence-corrected chi connectivity index (χ3v) is 6.56. The average molecular weight is 453 g/mol. The predicted molar refractivity (Wildman–Crippen MR) is 136 cm³/mol. The van der Waals surface area contributed by atoms with E-state index < -0.39 is 0 Å². The number of hydrogen-bond acceptors (Lipinski definition) is 5. The Morgan fingerprint density at radius 2 is 1.71 bits per heavy atom. The number of aromatic nitrogens is 5. The van der Waals surface area contributed by atoms with E-state index in [1.54, 1.807) is 0 Å². The summed E-state index contributed by atoms with van der Waals surface area (Å²) >= 11 is 0. The van der Waals surface area contributed by atoms with Crippen LogP contribution in [-0.4, -0.2) is 50.8 Å². The molecule has 34 heavy (non-hydrogen) atoms. The van der Waals surface area contributed by atoms with Gasteiger partial charge in [0.2, 0.25) is 0 Å². The van der Waals surface area contributed by atoms with Crippen LogP contribution in [0.3, 0.4) is 0 Å². The molecule has 1 aliphatic heterocycles. The van der Waals surface area contributed by atoms with Crippen LogP contribution < -0.4 is 4.90 Å². The molecule has 0 saturated carbocycles. The highest BCUT2D eigenvalue weighted by Crippen LogP contribution is 2.35. The van der Waals surface area contributed by atoms with Crippen LogP contribution in [0.1, 0.15) is 18.4 Å². The molecule has 172 valence electrons. The highest BCUT2D eigenvalue weighted by atomic mass is 16.5. The van der Waals surface area contributed by atoms with Gasteiger partial charge in [0.15, 0.2) is 0 Å². The minimum absolute atomic E-state index is 0.819. The van der Waals surface area contributed by atoms with Gasteiger partial charge in [0.05, 0.1) is 22.9 Å². The first kappa shape index (κ1) is 20.9. The van der Waals surface area contributed by atoms with Crippen LogP contribution in [0, 0.1) is 6.92 Å². The van der Waals surface area contributed by atoms with Gasteiger partial charge in [0.25, 0.3) is 0 Å². The minimum atomic E-state index is 0.819. The van der Waals surface area contributed by atoms with E-state index in [2.05, 4.69) is 65.6 Å². The van der Waals surface area contributed by atoms with Gasteiger partial charge in [-0.25, -0.2) is 9.67 Å². The lowest BCUT2D eigenvalue weighted by molar-refractivity contribution is 0.124. The van der Waals surface area contributed by atoms with E-state index in [0.717, 1.165) is 83.7 Å². The van der Waals surface area contributed by atoms with Gasteiger partial charge in [0.1, 0.15) is 11.5 Å². The Bertz CT molecular complexity index is 1460. The second kappa shape index (κ2) is 8.57. The number of nitrogens with zero attached hydrogens (tertiary/aromatic N) is 6. The van der Waals surface area contributed by atoms with Gasteiger partial charge in [-0.15, -0.1) is 0 Å². The van der Waals surface area contributed by atoms with Crippen molar-refractivity contribution in [3.05, 3.63) is 66.5 Å². The fourth-order valence-electron chi connectivity index (χ4n) is 4.94. The van der Waals surface area contributed by atoms with E-state index in [-0.39, 0.29) is 0 Å². The highest BCUT2D eigenvalue weighted by Gasteiger charge is 2.18. The largest absolute Gasteiger partial charge is 0.381 e. The van der Waals surface area contributed by atoms with Crippen molar-refractivity contribution in [1.29, 1.82) is 0 Å². The van der Waals surface area contributed by atoms with Gasteiger partial charge in [-0.05, 0) is 43.5 Å². The highest BCUT2D eigenvalue weighted by molar-refractivity contribution is 6.03. The third-order valence-electron chi connectivity index (χ3n) is 6.56. The molecular formula is C27H28N6O. The number of anilines is 1. The van der Waals surface area contributed by atoms with Gasteiger partial charge >= 0.3 is 0 Å². The summed E-state index contributed by atoms with van der Waals surface area (Å²) < 4.78 is 9.48. The maximum atomic E-state index is 5.59. The molecule has 4 heterocycles. The van der Waals surface area contributed by atoms with E-state index >= 15 is 0 Å². The van der Waals surface area contributed by atoms with Gasteiger partial charge in [-0.1, -0.05) is 30.3 Å². The van der Waals surface area contributed by atoms with E-state index in [1.165, 1.54) is 5.56 Å². The minimum Gasteiger partial charge on any atom is -0.381 e. The van der Waals surface area contributed by atoms with Crippen molar-refractivity contribution in [3.63, 3.8) is 0 Å². The molecule has 7 nitrogen and oxygen atoms in total. The lowest BCUT2D eigenvalue weighted by Crippen LogP contribution is -2.30. The van der Waals surface area contributed by atoms with Crippen molar-refractivity contribution in [1.82, 2.24) is 24.5 Å². The zero-order chi connectivity index (χ0) is 23.1. The van der Waals surface area contributed by atoms with Crippen molar-refractivity contribution in [2.75, 3.05) is 31.2 Å². The normalized spacial score (nSPS) is 15.1. The first-order valence-electron chi connectivity index (χ1n) is 11.9. The van der Waals surface area contributed by atoms with Crippen molar-refractivity contribution in [3.8, 4) is 16.9 Å². The van der Waals surface area contributed by atoms with E-state index in [0.29, 0.717) is 0 Å². The Morgan fingerprint density at radius 1 is 0.882 bits per heavy atom. The molecule has 0 amide bonds. The Labute approximate surface area is 198 Å². The Balaban J connectivity index is 1.45. The maximum Gasteiger partial charge on any atom is 0.128 e. The molecule has 5 aromatic rings. The molecule has 1 aliphatic rings. The van der Waals surface area contributed by atoms with E-state index in [9.17, 15) is 0 Å². The summed E-state index contributed by atoms with van der Waals surface area (Å²) in [5.41, 5.74) is 6.28. The molecule has 3 aromatic heterocycles. The molecule has 0 spiro atoms. The molecule has 2 aromatic carbocycles. The van der Waals surface area contributed by atoms with Gasteiger partial charge in [-0.3, -0.25) is 4.68 Å². The third kappa shape index (κ3) is 3.62. The lowest BCUT2D eigenvalue weighted by Gasteiger charge is -2.25. The lowest BCUT2D eigenvalue weighted by atomic mass is 10.0. The van der Waals surface area contributed by atoms with Gasteiger partial charge < -0.3 is 9.64 Å². The molecule has 0 bridgehead atoms. The van der Waals surface area contributed by atoms with E-state index in [4.69, 9.17) is 14.8 Å². The first-order valence-corrected chi connectivity index (χ1v) is 11.9. The zero-order valence-electron chi connectivity index (χ0n) is 19.6. The number of hydrogen-bond donors (Lipinski definition) is 0. The SMILES string of the molecule is Cc1cccc2c(-c3cccc4nn(C)cc34)nn(-c3ccc(N4CCCOCCC4)nc3)c12. The number of para-hydroxylation sites is 1. The van der Waals surface area contributed by atoms with Crippen LogP contribution >= 0.6 is 0 Å². The Morgan fingerprint density at radius 3 is 2.50 bits per heavy atom. The van der Waals surface area contributed by atoms with Crippen LogP contribution in [0.25, 0.3) is 38.8 Å². The maximum absolute atomic E-state index is 5.59. The molecule has 1 saturated heterocycles. The molecule has 0 aliphatic carbocycles. The molecule has 0 atom stereocenters. The van der Waals surface area contributed by atoms with Crippen molar-refractivity contribution in [2.45, 2.75) is 19.8 Å². The molecule has 7 heteroatoms. The quantitative estimate of drug-likeness (QED) is 0.390. The number of fused-ring (bicyclic) bond motifs is 2. The standard InChI is InChI=1S/C27H28N6O/c1-19-7-3-9-22-26(21-8-4-10-24-23(21)18-31(2)29-24)30-33(27(19)22)20-11-12-25(28-17-20)32-13-5-15-34-16-6-14-32/h3-4,7-12,17-18H,5-6,13-16H2,1-2H3. The number of ether oxygens (including phenoxy) is 1. The fourth-order valence-corrected chi connectivity index (χ4v) is 4.94. The van der Waals surface area contributed by atoms with Crippen LogP contribution in [-0.2, 0) is 11.8 Å². The van der Waals surface area contributed by atoms with Crippen molar-refractivity contribution < 1.29 is 4.74 Å². The second-order valence-electron chi connectivity index (χ2n) is 8.95. The van der Waals surface area contributed by atoms with Gasteiger partial charge in [-0.2, -0.15) is 10.2 Å². The molecule has 1 fully saturated rings. The smallest absolute Gasteiger partial charge is 0.128 e. The fraction of sp³-hybridized carbons (Fsp3) is 0.296. The summed E-state index contributed by atoms with van der Waals surface area (Å²) in [5.74, 6) is 1.01. The Hall–Kier alpha value is -3.71. The summed E-state index contributed by atoms with van der Waals surface area (Å²) in [6.07, 6.45) is 6.05. The second-order valence-corrected chi connectivity index (χ2v) is 8.95. The summed E-state index contributed by atoms with van der Waals surface area (Å²) in [4.78, 5) is 7.19. The van der Waals surface area contributed by atoms with Crippen LogP contribution in [0.4, 0.5) is 5.82 Å². The predicted octanol–water partition coefficient (Wildman–Crippen LogP) is 4.90. The zero-order valence-corrected chi connectivity index (χ0v) is 19.6. The molecule has 0 unspecified atom stereocenters. The summed E-state index contributed by atoms with van der Waals surface area (Å²) in [5, 5.41) is 12.0. The van der Waals surface area contributed by atoms with Crippen molar-refractivity contribution in [2.24, 2.45) is 7.05 Å². The number of pyridine rings is 1. The van der Waals surface area contributed by atoms with Crippen LogP contribution in [0.5, 0.6) is 0 Å². The van der Waals surface area contributed by atoms with E-state index in [1.807, 2.05) is 28.7 Å². The van der Waals surface area contributed by atoms with Crippen LogP contribution in [0.15, 0.2) is 60.9 Å². The molecular weight excluding hydrogens is 424 g/mol. The monoisotopic (exact) mass is 452 g/mol. The summed E-state index contributed by atoms with van der Waals surface area (Å²) in [7, 11) is 1.96. The summed E-state index contributed by atoms with van der Waals surface area (Å²) in [6.45, 7) is 5.71. The molecule has 0 N–H and O–H groups in total.